The molecule has 0 radical (unpaired) electrons. The molecule has 3 rings (SSSR count). The van der Waals surface area contributed by atoms with E-state index in [9.17, 15) is 0 Å². The van der Waals surface area contributed by atoms with Crippen LogP contribution >= 0.6 is 11.3 Å². The van der Waals surface area contributed by atoms with Gasteiger partial charge in [0.2, 0.25) is 0 Å². The molecule has 0 saturated heterocycles. The second-order valence-corrected chi connectivity index (χ2v) is 5.95. The molecule has 17 heavy (non-hydrogen) atoms. The second kappa shape index (κ2) is 4.26. The molecular formula is C15H17NS. The van der Waals surface area contributed by atoms with E-state index < -0.39 is 0 Å². The first-order valence-corrected chi connectivity index (χ1v) is 7.17. The van der Waals surface area contributed by atoms with Crippen molar-refractivity contribution in [1.29, 1.82) is 0 Å². The molecule has 0 fully saturated rings. The van der Waals surface area contributed by atoms with E-state index in [2.05, 4.69) is 43.5 Å². The van der Waals surface area contributed by atoms with Crippen molar-refractivity contribution in [1.82, 2.24) is 4.98 Å². The zero-order valence-corrected chi connectivity index (χ0v) is 11.1. The van der Waals surface area contributed by atoms with E-state index in [1.54, 1.807) is 0 Å². The van der Waals surface area contributed by atoms with Crippen molar-refractivity contribution in [3.05, 3.63) is 51.5 Å². The van der Waals surface area contributed by atoms with Gasteiger partial charge in [-0.15, -0.1) is 11.3 Å². The highest BCUT2D eigenvalue weighted by atomic mass is 32.1. The molecule has 0 aliphatic heterocycles. The molecule has 1 nitrogen and oxygen atoms in total. The molecule has 0 N–H and O–H groups in total. The van der Waals surface area contributed by atoms with Gasteiger partial charge in [0.1, 0.15) is 5.01 Å². The van der Waals surface area contributed by atoms with Gasteiger partial charge in [0, 0.05) is 11.3 Å². The minimum Gasteiger partial charge on any atom is -0.245 e. The van der Waals surface area contributed by atoms with Crippen molar-refractivity contribution in [2.75, 3.05) is 0 Å². The summed E-state index contributed by atoms with van der Waals surface area (Å²) in [5.74, 6) is 1.08. The minimum absolute atomic E-state index is 0.539. The number of nitrogens with zero attached hydrogens (tertiary/aromatic N) is 1. The Morgan fingerprint density at radius 3 is 2.88 bits per heavy atom. The lowest BCUT2D eigenvalue weighted by Crippen LogP contribution is -1.96. The van der Waals surface area contributed by atoms with E-state index in [1.807, 2.05) is 11.3 Å². The van der Waals surface area contributed by atoms with Crippen molar-refractivity contribution in [3.8, 4) is 0 Å². The third-order valence-corrected chi connectivity index (χ3v) is 4.54. The van der Waals surface area contributed by atoms with E-state index in [-0.39, 0.29) is 0 Å². The maximum Gasteiger partial charge on any atom is 0.100 e. The molecule has 2 heteroatoms. The van der Waals surface area contributed by atoms with Gasteiger partial charge in [-0.2, -0.15) is 0 Å². The normalized spacial score (nSPS) is 18.6. The third-order valence-electron chi connectivity index (χ3n) is 3.56. The zero-order chi connectivity index (χ0) is 11.8. The van der Waals surface area contributed by atoms with Crippen molar-refractivity contribution >= 4 is 11.3 Å². The SMILES string of the molecule is CC(C)c1csc(C2CCc3ccccc32)n1. The summed E-state index contributed by atoms with van der Waals surface area (Å²) in [6, 6.07) is 8.81. The number of hydrogen-bond donors (Lipinski definition) is 0. The van der Waals surface area contributed by atoms with E-state index in [0.717, 1.165) is 0 Å². The Kier molecular flexibility index (Phi) is 2.75. The van der Waals surface area contributed by atoms with Crippen LogP contribution in [0.15, 0.2) is 29.6 Å². The van der Waals surface area contributed by atoms with Gasteiger partial charge in [0.15, 0.2) is 0 Å². The maximum absolute atomic E-state index is 4.81. The molecule has 1 aromatic carbocycles. The average molecular weight is 243 g/mol. The summed E-state index contributed by atoms with van der Waals surface area (Å²) in [5.41, 5.74) is 4.25. The van der Waals surface area contributed by atoms with E-state index in [4.69, 9.17) is 4.98 Å². The highest BCUT2D eigenvalue weighted by Crippen LogP contribution is 2.39. The molecule has 1 aliphatic carbocycles. The lowest BCUT2D eigenvalue weighted by Gasteiger charge is -2.07. The first-order chi connectivity index (χ1) is 8.25. The Labute approximate surface area is 107 Å². The maximum atomic E-state index is 4.81. The molecule has 1 aromatic heterocycles. The van der Waals surface area contributed by atoms with Gasteiger partial charge in [-0.25, -0.2) is 4.98 Å². The number of hydrogen-bond acceptors (Lipinski definition) is 2. The van der Waals surface area contributed by atoms with Crippen LogP contribution in [0.3, 0.4) is 0 Å². The fraction of sp³-hybridized carbons (Fsp3) is 0.400. The summed E-state index contributed by atoms with van der Waals surface area (Å²) >= 11 is 1.83. The van der Waals surface area contributed by atoms with Crippen LogP contribution in [-0.4, -0.2) is 4.98 Å². The fourth-order valence-corrected chi connectivity index (χ4v) is 3.67. The van der Waals surface area contributed by atoms with E-state index >= 15 is 0 Å². The molecular weight excluding hydrogens is 226 g/mol. The monoisotopic (exact) mass is 243 g/mol. The van der Waals surface area contributed by atoms with Crippen molar-refractivity contribution in [2.45, 2.75) is 38.5 Å². The Morgan fingerprint density at radius 1 is 1.29 bits per heavy atom. The molecule has 0 saturated carbocycles. The van der Waals surface area contributed by atoms with E-state index in [0.29, 0.717) is 11.8 Å². The number of fused-ring (bicyclic) bond motifs is 1. The Morgan fingerprint density at radius 2 is 2.12 bits per heavy atom. The van der Waals surface area contributed by atoms with Crippen LogP contribution in [0.25, 0.3) is 0 Å². The number of thiazole rings is 1. The van der Waals surface area contributed by atoms with Crippen LogP contribution in [0.5, 0.6) is 0 Å². The summed E-state index contributed by atoms with van der Waals surface area (Å²) < 4.78 is 0. The number of rotatable bonds is 2. The van der Waals surface area contributed by atoms with Crippen LogP contribution in [0.1, 0.15) is 53.9 Å². The largest absolute Gasteiger partial charge is 0.245 e. The van der Waals surface area contributed by atoms with Gasteiger partial charge in [-0.3, -0.25) is 0 Å². The summed E-state index contributed by atoms with van der Waals surface area (Å²) in [4.78, 5) is 4.81. The average Bonchev–Trinajstić information content (AvgIpc) is 2.95. The highest BCUT2D eigenvalue weighted by molar-refractivity contribution is 7.09. The van der Waals surface area contributed by atoms with Crippen molar-refractivity contribution in [3.63, 3.8) is 0 Å². The van der Waals surface area contributed by atoms with Crippen molar-refractivity contribution in [2.24, 2.45) is 0 Å². The van der Waals surface area contributed by atoms with Crippen LogP contribution in [-0.2, 0) is 6.42 Å². The van der Waals surface area contributed by atoms with Crippen molar-refractivity contribution < 1.29 is 0 Å². The smallest absolute Gasteiger partial charge is 0.100 e. The molecule has 1 atom stereocenters. The predicted molar refractivity (Wildman–Crippen MR) is 72.8 cm³/mol. The molecule has 88 valence electrons. The molecule has 0 spiro atoms. The van der Waals surface area contributed by atoms with E-state index in [1.165, 1.54) is 34.7 Å². The van der Waals surface area contributed by atoms with Gasteiger partial charge < -0.3 is 0 Å². The molecule has 1 aliphatic rings. The van der Waals surface area contributed by atoms with Crippen LogP contribution in [0.4, 0.5) is 0 Å². The summed E-state index contributed by atoms with van der Waals surface area (Å²) in [6.07, 6.45) is 2.43. The Balaban J connectivity index is 1.95. The standard InChI is InChI=1S/C15H17NS/c1-10(2)14-9-17-15(16-14)13-8-7-11-5-3-4-6-12(11)13/h3-6,9-10,13H,7-8H2,1-2H3. The zero-order valence-electron chi connectivity index (χ0n) is 10.3. The topological polar surface area (TPSA) is 12.9 Å². The molecule has 0 amide bonds. The lowest BCUT2D eigenvalue weighted by molar-refractivity contribution is 0.759. The number of aryl methyl sites for hydroxylation is 1. The Hall–Kier alpha value is -1.15. The van der Waals surface area contributed by atoms with Gasteiger partial charge >= 0.3 is 0 Å². The lowest BCUT2D eigenvalue weighted by atomic mass is 10.0. The number of aromatic nitrogens is 1. The van der Waals surface area contributed by atoms with Crippen LogP contribution in [0, 0.1) is 0 Å². The summed E-state index contributed by atoms with van der Waals surface area (Å²) in [7, 11) is 0. The highest BCUT2D eigenvalue weighted by Gasteiger charge is 2.25. The van der Waals surface area contributed by atoms with Crippen LogP contribution < -0.4 is 0 Å². The molecule has 1 heterocycles. The fourth-order valence-electron chi connectivity index (χ4n) is 2.54. The number of benzene rings is 1. The quantitative estimate of drug-likeness (QED) is 0.764. The molecule has 1 unspecified atom stereocenters. The van der Waals surface area contributed by atoms with Gasteiger partial charge in [-0.1, -0.05) is 38.1 Å². The summed E-state index contributed by atoms with van der Waals surface area (Å²) in [5, 5.41) is 3.53. The molecule has 2 aromatic rings. The molecule has 0 bridgehead atoms. The Bertz CT molecular complexity index is 527. The first-order valence-electron chi connectivity index (χ1n) is 6.29. The third kappa shape index (κ3) is 1.91. The van der Waals surface area contributed by atoms with Gasteiger partial charge in [-0.05, 0) is 29.9 Å². The predicted octanol–water partition coefficient (Wildman–Crippen LogP) is 4.34. The first kappa shape index (κ1) is 11.0. The summed E-state index contributed by atoms with van der Waals surface area (Å²) in [6.45, 7) is 4.42. The van der Waals surface area contributed by atoms with Gasteiger partial charge in [0.25, 0.3) is 0 Å². The second-order valence-electron chi connectivity index (χ2n) is 5.06. The minimum atomic E-state index is 0.539. The van der Waals surface area contributed by atoms with Gasteiger partial charge in [0.05, 0.1) is 5.69 Å². The van der Waals surface area contributed by atoms with Crippen LogP contribution in [0.2, 0.25) is 0 Å².